The molecule has 0 heterocycles. The van der Waals surface area contributed by atoms with E-state index in [4.69, 9.17) is 0 Å². The third kappa shape index (κ3) is 3.10. The van der Waals surface area contributed by atoms with Crippen molar-refractivity contribution < 1.29 is 0 Å². The van der Waals surface area contributed by atoms with Crippen molar-refractivity contribution in [2.45, 2.75) is 25.6 Å². The number of rotatable bonds is 3. The molecule has 1 rings (SSSR count). The molecule has 0 spiro atoms. The van der Waals surface area contributed by atoms with E-state index in [1.807, 2.05) is 0 Å². The fraction of sp³-hybridized carbons (Fsp3) is 0.400. The molecule has 56 valence electrons. The number of benzene rings is 1. The molecule has 0 saturated carbocycles. The van der Waals surface area contributed by atoms with Gasteiger partial charge in [0.25, 0.3) is 0 Å². The first-order valence-electron chi connectivity index (χ1n) is 4.23. The normalized spacial score (nSPS) is 9.27. The number of hydrogen-bond acceptors (Lipinski definition) is 0. The van der Waals surface area contributed by atoms with Gasteiger partial charge in [-0.05, 0) is 0 Å². The summed E-state index contributed by atoms with van der Waals surface area (Å²) in [6.45, 7) is 4.39. The van der Waals surface area contributed by atoms with Gasteiger partial charge in [-0.2, -0.15) is 0 Å². The van der Waals surface area contributed by atoms with Gasteiger partial charge in [-0.25, -0.2) is 0 Å². The maximum absolute atomic E-state index is 2.26. The summed E-state index contributed by atoms with van der Waals surface area (Å²) < 4.78 is 1.55. The molecular weight excluding hydrogens is 147 g/mol. The maximum atomic E-state index is 2.26. The van der Waals surface area contributed by atoms with Crippen LogP contribution < -0.4 is 4.43 Å². The summed E-state index contributed by atoms with van der Waals surface area (Å²) in [7, 11) is 0. The van der Waals surface area contributed by atoms with Gasteiger partial charge in [-0.15, -0.1) is 0 Å². The van der Waals surface area contributed by atoms with Crippen LogP contribution in [-0.2, 0) is 0 Å². The average molecular weight is 161 g/mol. The third-order valence-electron chi connectivity index (χ3n) is 1.75. The summed E-state index contributed by atoms with van der Waals surface area (Å²) in [4.78, 5) is 0. The van der Waals surface area contributed by atoms with E-state index in [0.29, 0.717) is 15.2 Å². The van der Waals surface area contributed by atoms with Crippen LogP contribution in [0.4, 0.5) is 0 Å². The zero-order chi connectivity index (χ0) is 8.10. The predicted molar refractivity (Wildman–Crippen MR) is 51.7 cm³/mol. The van der Waals surface area contributed by atoms with Gasteiger partial charge < -0.3 is 0 Å². The molecule has 0 nitrogen and oxygen atoms in total. The molecule has 11 heavy (non-hydrogen) atoms. The number of aryl methyl sites for hydroxylation is 1. The summed E-state index contributed by atoms with van der Waals surface area (Å²) in [5.41, 5.74) is 1.37. The van der Waals surface area contributed by atoms with Gasteiger partial charge >= 0.3 is 75.0 Å². The summed E-state index contributed by atoms with van der Waals surface area (Å²) >= 11 is 0.537. The molecule has 0 aliphatic carbocycles. The first-order chi connectivity index (χ1) is 5.33. The second-order valence-electron chi connectivity index (χ2n) is 2.90. The molecule has 0 aromatic heterocycles. The van der Waals surface area contributed by atoms with Gasteiger partial charge in [-0.3, -0.25) is 0 Å². The molecule has 0 amide bonds. The molecule has 0 bridgehead atoms. The van der Waals surface area contributed by atoms with Gasteiger partial charge in [0, 0.05) is 0 Å². The van der Waals surface area contributed by atoms with E-state index < -0.39 is 0 Å². The SMILES string of the molecule is CC[CH2][Al+][c]1ccc(C)cc1. The zero-order valence-corrected chi connectivity index (χ0v) is 8.46. The topological polar surface area (TPSA) is 0 Å². The van der Waals surface area contributed by atoms with Gasteiger partial charge in [-0.1, -0.05) is 0 Å². The van der Waals surface area contributed by atoms with Crippen molar-refractivity contribution in [2.24, 2.45) is 0 Å². The van der Waals surface area contributed by atoms with Crippen molar-refractivity contribution in [1.29, 1.82) is 0 Å². The van der Waals surface area contributed by atoms with E-state index in [1.165, 1.54) is 17.3 Å². The fourth-order valence-corrected chi connectivity index (χ4v) is 2.10. The standard InChI is InChI=1S/C7H7.C3H7.Al/c1-7-5-3-2-4-6-7;1-3-2;/h3-6H,1H3;1,3H2,2H3;/q;;+1. The predicted octanol–water partition coefficient (Wildman–Crippen LogP) is 2.15. The Morgan fingerprint density at radius 1 is 1.18 bits per heavy atom. The summed E-state index contributed by atoms with van der Waals surface area (Å²) in [6, 6.07) is 8.94. The molecule has 1 aromatic carbocycles. The summed E-state index contributed by atoms with van der Waals surface area (Å²) in [5.74, 6) is 0. The van der Waals surface area contributed by atoms with Crippen molar-refractivity contribution in [3.63, 3.8) is 0 Å². The number of hydrogen-bond donors (Lipinski definition) is 0. The molecule has 1 aromatic rings. The molecule has 0 aliphatic heterocycles. The quantitative estimate of drug-likeness (QED) is 0.596. The molecule has 0 saturated heterocycles. The molecule has 0 atom stereocenters. The van der Waals surface area contributed by atoms with Crippen LogP contribution in [0.1, 0.15) is 18.9 Å². The van der Waals surface area contributed by atoms with Crippen molar-refractivity contribution in [3.8, 4) is 0 Å². The van der Waals surface area contributed by atoms with Crippen LogP contribution in [0.2, 0.25) is 5.28 Å². The Labute approximate surface area is 75.3 Å². The Morgan fingerprint density at radius 3 is 2.36 bits per heavy atom. The second-order valence-corrected chi connectivity index (χ2v) is 4.56. The minimum absolute atomic E-state index is 0.537. The van der Waals surface area contributed by atoms with Crippen LogP contribution in [0.15, 0.2) is 24.3 Å². The van der Waals surface area contributed by atoms with Crippen LogP contribution in [0, 0.1) is 6.92 Å². The zero-order valence-electron chi connectivity index (χ0n) is 7.30. The van der Waals surface area contributed by atoms with Crippen LogP contribution in [0.3, 0.4) is 0 Å². The van der Waals surface area contributed by atoms with Gasteiger partial charge in [0.2, 0.25) is 0 Å². The van der Waals surface area contributed by atoms with Gasteiger partial charge in [0.1, 0.15) is 0 Å². The Hall–Kier alpha value is -0.248. The van der Waals surface area contributed by atoms with E-state index in [9.17, 15) is 0 Å². The van der Waals surface area contributed by atoms with E-state index in [-0.39, 0.29) is 0 Å². The van der Waals surface area contributed by atoms with Crippen LogP contribution in [0.5, 0.6) is 0 Å². The molecule has 0 N–H and O–H groups in total. The van der Waals surface area contributed by atoms with Crippen LogP contribution in [-0.4, -0.2) is 15.2 Å². The monoisotopic (exact) mass is 161 g/mol. The summed E-state index contributed by atoms with van der Waals surface area (Å²) in [6.07, 6.45) is 1.32. The third-order valence-corrected chi connectivity index (χ3v) is 3.47. The van der Waals surface area contributed by atoms with E-state index in [1.54, 1.807) is 4.43 Å². The Morgan fingerprint density at radius 2 is 1.82 bits per heavy atom. The fourth-order valence-electron chi connectivity index (χ4n) is 1.01. The average Bonchev–Trinajstić information content (AvgIpc) is 2.04. The molecular formula is C10H14Al+. The molecule has 0 radical (unpaired) electrons. The van der Waals surface area contributed by atoms with Crippen molar-refractivity contribution >= 4 is 19.6 Å². The Bertz CT molecular complexity index is 201. The Kier molecular flexibility index (Phi) is 3.69. The summed E-state index contributed by atoms with van der Waals surface area (Å²) in [5, 5.41) is 1.39. The van der Waals surface area contributed by atoms with Crippen LogP contribution in [0.25, 0.3) is 0 Å². The van der Waals surface area contributed by atoms with E-state index >= 15 is 0 Å². The van der Waals surface area contributed by atoms with Gasteiger partial charge in [0.15, 0.2) is 0 Å². The first kappa shape index (κ1) is 8.85. The van der Waals surface area contributed by atoms with E-state index in [0.717, 1.165) is 0 Å². The molecule has 0 fully saturated rings. The van der Waals surface area contributed by atoms with Gasteiger partial charge in [0.05, 0.1) is 0 Å². The van der Waals surface area contributed by atoms with Crippen molar-refractivity contribution in [3.05, 3.63) is 29.8 Å². The van der Waals surface area contributed by atoms with Crippen molar-refractivity contribution in [1.82, 2.24) is 0 Å². The molecule has 0 unspecified atom stereocenters. The van der Waals surface area contributed by atoms with E-state index in [2.05, 4.69) is 38.1 Å². The van der Waals surface area contributed by atoms with Crippen LogP contribution >= 0.6 is 0 Å². The molecule has 0 aliphatic rings. The second kappa shape index (κ2) is 4.59. The van der Waals surface area contributed by atoms with Crippen molar-refractivity contribution in [2.75, 3.05) is 0 Å². The Balaban J connectivity index is 2.52. The first-order valence-corrected chi connectivity index (χ1v) is 5.62. The minimum atomic E-state index is 0.537. The molecule has 1 heteroatoms.